The van der Waals surface area contributed by atoms with Crippen molar-refractivity contribution in [2.75, 3.05) is 19.0 Å². The average Bonchev–Trinajstić information content (AvgIpc) is 3.57. The maximum absolute atomic E-state index is 13.5. The lowest BCUT2D eigenvalue weighted by atomic mass is 9.97. The second kappa shape index (κ2) is 20.0. The molecule has 1 aliphatic heterocycles. The molecule has 7 rings (SSSR count). The van der Waals surface area contributed by atoms with Crippen LogP contribution in [0.1, 0.15) is 62.0 Å². The van der Waals surface area contributed by atoms with Crippen molar-refractivity contribution in [3.8, 4) is 11.1 Å². The molecule has 1 saturated heterocycles. The summed E-state index contributed by atoms with van der Waals surface area (Å²) in [5.41, 5.74) is 6.29. The van der Waals surface area contributed by atoms with Crippen LogP contribution in [-0.2, 0) is 44.2 Å². The number of carbonyl (C=O) groups excluding carboxylic acids is 2. The van der Waals surface area contributed by atoms with Gasteiger partial charge < -0.3 is 32.8 Å². The second-order valence-corrected chi connectivity index (χ2v) is 22.8. The van der Waals surface area contributed by atoms with Crippen molar-refractivity contribution in [2.45, 2.75) is 100 Å². The van der Waals surface area contributed by atoms with E-state index in [1.807, 2.05) is 103 Å². The molecular weight excluding hydrogens is 805 g/mol. The fourth-order valence-corrected chi connectivity index (χ4v) is 9.64. The molecule has 0 aromatic heterocycles. The summed E-state index contributed by atoms with van der Waals surface area (Å²) < 4.78 is 45.7. The highest BCUT2D eigenvalue weighted by atomic mass is 32.2. The zero-order chi connectivity index (χ0) is 43.0. The van der Waals surface area contributed by atoms with Crippen LogP contribution in [0.25, 0.3) is 11.1 Å². The number of hydrogen-bond donors (Lipinski definition) is 0. The Bertz CT molecular complexity index is 2150. The summed E-state index contributed by atoms with van der Waals surface area (Å²) >= 11 is 1.66. The highest BCUT2D eigenvalue weighted by molar-refractivity contribution is 7.99. The van der Waals surface area contributed by atoms with Crippen LogP contribution in [-0.4, -0.2) is 70.1 Å². The maximum Gasteiger partial charge on any atom is 0.508 e. The van der Waals surface area contributed by atoms with Gasteiger partial charge in [-0.2, -0.15) is 0 Å². The summed E-state index contributed by atoms with van der Waals surface area (Å²) in [5, 5.41) is -0.215. The van der Waals surface area contributed by atoms with E-state index < -0.39 is 57.3 Å². The zero-order valence-corrected chi connectivity index (χ0v) is 37.5. The maximum atomic E-state index is 13.5. The van der Waals surface area contributed by atoms with Crippen LogP contribution in [0.5, 0.6) is 0 Å². The van der Waals surface area contributed by atoms with Crippen LogP contribution in [0.15, 0.2) is 144 Å². The summed E-state index contributed by atoms with van der Waals surface area (Å²) in [6.45, 7) is 12.1. The zero-order valence-electron chi connectivity index (χ0n) is 35.7. The lowest BCUT2D eigenvalue weighted by Gasteiger charge is -2.49. The minimum atomic E-state index is -2.58. The predicted molar refractivity (Wildman–Crippen MR) is 240 cm³/mol. The Labute approximate surface area is 365 Å². The Kier molecular flexibility index (Phi) is 14.5. The molecule has 1 aliphatic carbocycles. The Morgan fingerprint density at radius 1 is 0.705 bits per heavy atom. The molecule has 0 bridgehead atoms. The third-order valence-corrected chi connectivity index (χ3v) is 17.2. The minimum Gasteiger partial charge on any atom is -0.457 e. The van der Waals surface area contributed by atoms with E-state index in [0.717, 1.165) is 38.3 Å². The van der Waals surface area contributed by atoms with Gasteiger partial charge in [-0.15, -0.1) is 11.8 Å². The predicted octanol–water partition coefficient (Wildman–Crippen LogP) is 11.1. The van der Waals surface area contributed by atoms with Crippen molar-refractivity contribution in [1.29, 1.82) is 0 Å². The highest BCUT2D eigenvalue weighted by Crippen LogP contribution is 2.45. The molecule has 2 aliphatic rings. The Hall–Kier alpha value is -4.75. The molecular formula is C50H56O9SSi. The number of rotatable bonds is 16. The van der Waals surface area contributed by atoms with Crippen LogP contribution in [0.2, 0.25) is 18.1 Å². The van der Waals surface area contributed by atoms with E-state index in [2.05, 4.69) is 70.3 Å². The molecule has 5 aromatic carbocycles. The second-order valence-electron chi connectivity index (χ2n) is 17.0. The highest BCUT2D eigenvalue weighted by Gasteiger charge is 2.54. The van der Waals surface area contributed by atoms with E-state index in [4.69, 9.17) is 32.8 Å². The van der Waals surface area contributed by atoms with E-state index in [1.165, 1.54) is 6.92 Å². The number of carbonyl (C=O) groups is 2. The Morgan fingerprint density at radius 2 is 1.26 bits per heavy atom. The molecule has 0 spiro atoms. The standard InChI is InChI=1S/C50H56O9SSi/c1-34(51)56-46-45(53-30-35-20-10-7-11-21-35)43(32-55-49(52)54-31-42-40-28-18-16-26-38(40)39-27-17-19-29-41(39)42)58-48(59-61(5,6)50(2,3)4)47(46)57-44(36-22-12-8-13-23-36)33-60-37-24-14-9-15-25-37/h7-29,42-48H,30-33H2,1-6H3/t43-,44-,45-,46+,47-,48+/m1/s1. The number of ether oxygens (including phenoxy) is 6. The van der Waals surface area contributed by atoms with Crippen molar-refractivity contribution in [1.82, 2.24) is 0 Å². The van der Waals surface area contributed by atoms with Gasteiger partial charge in [0.1, 0.15) is 31.5 Å². The Balaban J connectivity index is 1.18. The lowest BCUT2D eigenvalue weighted by molar-refractivity contribution is -0.308. The number of benzene rings is 5. The molecule has 0 N–H and O–H groups in total. The molecule has 9 nitrogen and oxygen atoms in total. The van der Waals surface area contributed by atoms with E-state index in [1.54, 1.807) is 11.8 Å². The molecule has 5 aromatic rings. The first-order valence-corrected chi connectivity index (χ1v) is 24.8. The van der Waals surface area contributed by atoms with Gasteiger partial charge >= 0.3 is 12.1 Å². The van der Waals surface area contributed by atoms with Crippen molar-refractivity contribution < 1.29 is 42.4 Å². The SMILES string of the molecule is CC(=O)O[C@@H]1[C@@H](O[C@H](CSc2ccccc2)c2ccccc2)[C@H](O[Si](C)(C)C(C)(C)C)O[C@H](COC(=O)OCC2c3ccccc3-c3ccccc32)[C@H]1OCc1ccccc1. The molecule has 1 heterocycles. The molecule has 0 radical (unpaired) electrons. The van der Waals surface area contributed by atoms with Crippen LogP contribution in [0, 0.1) is 0 Å². The summed E-state index contributed by atoms with van der Waals surface area (Å²) in [6.07, 6.45) is -6.17. The lowest BCUT2D eigenvalue weighted by Crippen LogP contribution is -2.64. The molecule has 1 fully saturated rings. The van der Waals surface area contributed by atoms with Gasteiger partial charge in [-0.05, 0) is 63.6 Å². The number of thioether (sulfide) groups is 1. The van der Waals surface area contributed by atoms with Gasteiger partial charge in [-0.25, -0.2) is 4.79 Å². The van der Waals surface area contributed by atoms with Crippen molar-refractivity contribution in [2.24, 2.45) is 0 Å². The van der Waals surface area contributed by atoms with E-state index >= 15 is 0 Å². The summed E-state index contributed by atoms with van der Waals surface area (Å²) in [6, 6.07) is 46.2. The normalized spacial score (nSPS) is 20.6. The van der Waals surface area contributed by atoms with Crippen molar-refractivity contribution in [3.05, 3.63) is 162 Å². The first-order chi connectivity index (χ1) is 29.4. The topological polar surface area (TPSA) is 98.8 Å². The Morgan fingerprint density at radius 3 is 1.87 bits per heavy atom. The molecule has 6 atom stereocenters. The first-order valence-electron chi connectivity index (χ1n) is 20.9. The quantitative estimate of drug-likeness (QED) is 0.0542. The molecule has 0 amide bonds. The summed E-state index contributed by atoms with van der Waals surface area (Å²) in [5.74, 6) is -0.112. The fraction of sp³-hybridized carbons (Fsp3) is 0.360. The third kappa shape index (κ3) is 11.0. The fourth-order valence-electron chi connectivity index (χ4n) is 7.56. The average molecular weight is 861 g/mol. The summed E-state index contributed by atoms with van der Waals surface area (Å²) in [4.78, 5) is 27.8. The van der Waals surface area contributed by atoms with Gasteiger partial charge in [0, 0.05) is 23.5 Å². The third-order valence-electron chi connectivity index (χ3n) is 11.7. The van der Waals surface area contributed by atoms with Gasteiger partial charge in [0.25, 0.3) is 0 Å². The summed E-state index contributed by atoms with van der Waals surface area (Å²) in [7, 11) is -2.58. The van der Waals surface area contributed by atoms with Gasteiger partial charge in [0.15, 0.2) is 20.7 Å². The van der Waals surface area contributed by atoms with Gasteiger partial charge in [-0.3, -0.25) is 4.79 Å². The van der Waals surface area contributed by atoms with E-state index in [-0.39, 0.29) is 30.8 Å². The van der Waals surface area contributed by atoms with E-state index in [0.29, 0.717) is 5.75 Å². The molecule has 11 heteroatoms. The van der Waals surface area contributed by atoms with Gasteiger partial charge in [0.05, 0.1) is 12.7 Å². The van der Waals surface area contributed by atoms with Crippen molar-refractivity contribution in [3.63, 3.8) is 0 Å². The molecule has 0 saturated carbocycles. The molecule has 61 heavy (non-hydrogen) atoms. The van der Waals surface area contributed by atoms with Gasteiger partial charge in [-0.1, -0.05) is 148 Å². The first kappa shape index (κ1) is 44.3. The van der Waals surface area contributed by atoms with Gasteiger partial charge in [0.2, 0.25) is 0 Å². The number of fused-ring (bicyclic) bond motifs is 3. The molecule has 320 valence electrons. The number of esters is 1. The van der Waals surface area contributed by atoms with E-state index in [9.17, 15) is 9.59 Å². The monoisotopic (exact) mass is 860 g/mol. The van der Waals surface area contributed by atoms with Crippen LogP contribution in [0.3, 0.4) is 0 Å². The molecule has 0 unspecified atom stereocenters. The smallest absolute Gasteiger partial charge is 0.457 e. The van der Waals surface area contributed by atoms with Crippen LogP contribution < -0.4 is 0 Å². The number of hydrogen-bond acceptors (Lipinski definition) is 10. The van der Waals surface area contributed by atoms with Crippen LogP contribution >= 0.6 is 11.8 Å². The minimum absolute atomic E-state index is 0.0945. The van der Waals surface area contributed by atoms with Crippen LogP contribution in [0.4, 0.5) is 4.79 Å². The largest absolute Gasteiger partial charge is 0.508 e. The van der Waals surface area contributed by atoms with Crippen molar-refractivity contribution >= 4 is 32.2 Å².